The number of benzene rings is 2. The van der Waals surface area contributed by atoms with Crippen LogP contribution in [0.1, 0.15) is 10.4 Å². The molecule has 2 heterocycles. The minimum Gasteiger partial charge on any atom is -0.267 e. The summed E-state index contributed by atoms with van der Waals surface area (Å²) in [6, 6.07) is 18.0. The van der Waals surface area contributed by atoms with Crippen LogP contribution in [0, 0.1) is 0 Å². The lowest BCUT2D eigenvalue weighted by Gasteiger charge is -2.12. The zero-order chi connectivity index (χ0) is 18.1. The van der Waals surface area contributed by atoms with Crippen molar-refractivity contribution in [2.24, 2.45) is 0 Å². The number of carbonyl (C=O) groups excluding carboxylic acids is 1. The third-order valence-corrected chi connectivity index (χ3v) is 5.18. The van der Waals surface area contributed by atoms with Crippen LogP contribution in [0.5, 0.6) is 0 Å². The molecule has 0 radical (unpaired) electrons. The fraction of sp³-hybridized carbons (Fsp3) is 0. The first-order valence-corrected chi connectivity index (χ1v) is 9.13. The molecule has 0 saturated heterocycles. The summed E-state index contributed by atoms with van der Waals surface area (Å²) in [4.78, 5) is 27.8. The highest BCUT2D eigenvalue weighted by Crippen LogP contribution is 2.28. The molecule has 0 saturated carbocycles. The summed E-state index contributed by atoms with van der Waals surface area (Å²) in [7, 11) is 0. The maximum atomic E-state index is 12.8. The Hall–Kier alpha value is -2.90. The van der Waals surface area contributed by atoms with Gasteiger partial charge in [-0.05, 0) is 29.6 Å². The maximum absolute atomic E-state index is 12.8. The summed E-state index contributed by atoms with van der Waals surface area (Å²) in [5.74, 6) is -0.447. The average molecular weight is 379 g/mol. The number of carbonyl (C=O) groups is 1. The molecule has 4 rings (SSSR count). The monoisotopic (exact) mass is 379 g/mol. The van der Waals surface area contributed by atoms with Crippen LogP contribution in [0.15, 0.2) is 75.7 Å². The van der Waals surface area contributed by atoms with Crippen LogP contribution in [0.2, 0.25) is 0 Å². The number of rotatable bonds is 3. The van der Waals surface area contributed by atoms with Crippen molar-refractivity contribution in [1.29, 1.82) is 0 Å². The summed E-state index contributed by atoms with van der Waals surface area (Å²) in [6.45, 7) is 0. The van der Waals surface area contributed by atoms with E-state index in [-0.39, 0.29) is 5.56 Å². The first kappa shape index (κ1) is 16.6. The predicted octanol–water partition coefficient (Wildman–Crippen LogP) is 3.80. The molecule has 1 N–H and O–H groups in total. The van der Waals surface area contributed by atoms with E-state index in [1.807, 2.05) is 29.6 Å². The Kier molecular flexibility index (Phi) is 4.32. The quantitative estimate of drug-likeness (QED) is 0.532. The van der Waals surface area contributed by atoms with Crippen molar-refractivity contribution in [3.8, 4) is 10.6 Å². The van der Waals surface area contributed by atoms with Crippen LogP contribution in [-0.2, 0) is 0 Å². The predicted molar refractivity (Wildman–Crippen MR) is 107 cm³/mol. The summed E-state index contributed by atoms with van der Waals surface area (Å²) >= 11 is 5.81. The van der Waals surface area contributed by atoms with Crippen molar-refractivity contribution in [2.75, 3.05) is 5.43 Å². The van der Waals surface area contributed by atoms with Crippen LogP contribution in [-0.4, -0.2) is 15.8 Å². The lowest BCUT2D eigenvalue weighted by Crippen LogP contribution is -2.35. The molecule has 0 aliphatic carbocycles. The minimum atomic E-state index is -0.447. The van der Waals surface area contributed by atoms with Crippen molar-refractivity contribution in [2.45, 2.75) is 4.90 Å². The number of hydrogen-bond donors (Lipinski definition) is 2. The summed E-state index contributed by atoms with van der Waals surface area (Å²) in [6.07, 6.45) is 0. The van der Waals surface area contributed by atoms with Crippen molar-refractivity contribution >= 4 is 40.6 Å². The first-order valence-electron chi connectivity index (χ1n) is 7.80. The topological polar surface area (TPSA) is 64.0 Å². The number of thiophene rings is 1. The normalized spacial score (nSPS) is 10.8. The van der Waals surface area contributed by atoms with Gasteiger partial charge in [0.15, 0.2) is 0 Å². The van der Waals surface area contributed by atoms with Crippen LogP contribution >= 0.6 is 24.0 Å². The zero-order valence-electron chi connectivity index (χ0n) is 13.4. The van der Waals surface area contributed by atoms with E-state index >= 15 is 0 Å². The van der Waals surface area contributed by atoms with E-state index in [4.69, 9.17) is 0 Å². The first-order chi connectivity index (χ1) is 12.6. The molecule has 0 atom stereocenters. The molecule has 4 aromatic rings. The summed E-state index contributed by atoms with van der Waals surface area (Å²) < 4.78 is 0. The minimum absolute atomic E-state index is 0.371. The molecule has 0 aliphatic rings. The van der Waals surface area contributed by atoms with Gasteiger partial charge in [-0.15, -0.1) is 33.9 Å². The van der Waals surface area contributed by atoms with Gasteiger partial charge < -0.3 is 0 Å². The van der Waals surface area contributed by atoms with Gasteiger partial charge in [0.1, 0.15) is 5.69 Å². The molecule has 0 fully saturated rings. The Morgan fingerprint density at radius 3 is 2.46 bits per heavy atom. The van der Waals surface area contributed by atoms with Crippen molar-refractivity contribution in [1.82, 2.24) is 9.89 Å². The fourth-order valence-electron chi connectivity index (χ4n) is 2.68. The van der Waals surface area contributed by atoms with E-state index in [9.17, 15) is 9.59 Å². The highest BCUT2D eigenvalue weighted by molar-refractivity contribution is 7.80. The van der Waals surface area contributed by atoms with Crippen LogP contribution in [0.25, 0.3) is 21.3 Å². The van der Waals surface area contributed by atoms with Gasteiger partial charge in [-0.1, -0.05) is 36.4 Å². The Balaban J connectivity index is 1.86. The van der Waals surface area contributed by atoms with Gasteiger partial charge in [0, 0.05) is 10.3 Å². The molecule has 0 aliphatic heterocycles. The molecule has 7 heteroatoms. The molecule has 128 valence electrons. The van der Waals surface area contributed by atoms with Gasteiger partial charge in [0.2, 0.25) is 0 Å². The van der Waals surface area contributed by atoms with E-state index in [0.717, 1.165) is 15.1 Å². The van der Waals surface area contributed by atoms with E-state index in [1.165, 1.54) is 11.3 Å². The lowest BCUT2D eigenvalue weighted by atomic mass is 10.1. The molecule has 2 aromatic heterocycles. The zero-order valence-corrected chi connectivity index (χ0v) is 15.1. The third-order valence-electron chi connectivity index (χ3n) is 3.92. The highest BCUT2D eigenvalue weighted by Gasteiger charge is 2.15. The van der Waals surface area contributed by atoms with Gasteiger partial charge in [-0.3, -0.25) is 9.59 Å². The molecule has 0 spiro atoms. The molecule has 0 bridgehead atoms. The van der Waals surface area contributed by atoms with Gasteiger partial charge in [0.25, 0.3) is 11.5 Å². The van der Waals surface area contributed by atoms with E-state index in [2.05, 4.69) is 23.2 Å². The number of nitrogens with zero attached hydrogens (tertiary/aromatic N) is 2. The van der Waals surface area contributed by atoms with Crippen LogP contribution in [0.3, 0.4) is 0 Å². The Morgan fingerprint density at radius 1 is 1.00 bits per heavy atom. The molecular weight excluding hydrogens is 366 g/mol. The number of fused-ring (bicyclic) bond motifs is 1. The van der Waals surface area contributed by atoms with Gasteiger partial charge >= 0.3 is 0 Å². The standard InChI is InChI=1S/C19H13N3O2S2/c23-18(14-8-3-4-9-15(14)25)21-22-19(24)13-7-2-1-6-12(13)17(20-22)16-10-5-11-26-16/h1-11,25H,(H,21,23). The SMILES string of the molecule is O=C(Nn1nc(-c2cccs2)c2ccccc2c1=O)c1ccccc1S. The number of nitrogens with one attached hydrogen (secondary N) is 1. The Labute approximate surface area is 158 Å². The Bertz CT molecular complexity index is 1170. The highest BCUT2D eigenvalue weighted by atomic mass is 32.1. The van der Waals surface area contributed by atoms with Crippen molar-refractivity contribution < 1.29 is 4.79 Å². The van der Waals surface area contributed by atoms with Gasteiger partial charge in [0.05, 0.1) is 15.8 Å². The molecule has 0 unspecified atom stereocenters. The number of aromatic nitrogens is 2. The molecule has 1 amide bonds. The second-order valence-electron chi connectivity index (χ2n) is 5.55. The third kappa shape index (κ3) is 2.91. The molecular formula is C19H13N3O2S2. The average Bonchev–Trinajstić information content (AvgIpc) is 3.19. The van der Waals surface area contributed by atoms with Crippen LogP contribution in [0.4, 0.5) is 0 Å². The molecule has 26 heavy (non-hydrogen) atoms. The fourth-order valence-corrected chi connectivity index (χ4v) is 3.67. The van der Waals surface area contributed by atoms with Crippen LogP contribution < -0.4 is 11.0 Å². The Morgan fingerprint density at radius 2 is 1.73 bits per heavy atom. The van der Waals surface area contributed by atoms with E-state index in [1.54, 1.807) is 36.4 Å². The smallest absolute Gasteiger partial charge is 0.267 e. The van der Waals surface area contributed by atoms with E-state index in [0.29, 0.717) is 21.5 Å². The maximum Gasteiger partial charge on any atom is 0.294 e. The van der Waals surface area contributed by atoms with Gasteiger partial charge in [-0.2, -0.15) is 0 Å². The van der Waals surface area contributed by atoms with Crippen molar-refractivity contribution in [3.63, 3.8) is 0 Å². The number of amides is 1. The van der Waals surface area contributed by atoms with E-state index < -0.39 is 5.91 Å². The van der Waals surface area contributed by atoms with Crippen molar-refractivity contribution in [3.05, 3.63) is 82.0 Å². The summed E-state index contributed by atoms with van der Waals surface area (Å²) in [5, 5.41) is 7.58. The number of hydrogen-bond acceptors (Lipinski definition) is 5. The molecule has 2 aromatic carbocycles. The largest absolute Gasteiger partial charge is 0.294 e. The second-order valence-corrected chi connectivity index (χ2v) is 6.98. The molecule has 5 nitrogen and oxygen atoms in total. The van der Waals surface area contributed by atoms with Gasteiger partial charge in [-0.25, -0.2) is 5.43 Å². The summed E-state index contributed by atoms with van der Waals surface area (Å²) in [5.41, 5.74) is 3.21. The lowest BCUT2D eigenvalue weighted by molar-refractivity contribution is 0.100. The second kappa shape index (κ2) is 6.78. The number of thiol groups is 1.